The van der Waals surface area contributed by atoms with Gasteiger partial charge in [0.1, 0.15) is 24.3 Å². The summed E-state index contributed by atoms with van der Waals surface area (Å²) in [6.45, 7) is 4.17. The number of piperidine rings is 2. The van der Waals surface area contributed by atoms with Crippen molar-refractivity contribution in [1.29, 1.82) is 0 Å². The van der Waals surface area contributed by atoms with E-state index in [2.05, 4.69) is 84.7 Å². The molecule has 2 saturated heterocycles. The third-order valence-electron chi connectivity index (χ3n) is 14.6. The molecule has 2 fully saturated rings. The molecule has 23 heteroatoms. The summed E-state index contributed by atoms with van der Waals surface area (Å²) in [7, 11) is 0. The molecule has 0 saturated carbocycles. The molecule has 0 aliphatic carbocycles. The first-order chi connectivity index (χ1) is 38.8. The van der Waals surface area contributed by atoms with E-state index >= 15 is 0 Å². The number of carbonyl (C=O) groups excluding carboxylic acids is 3. The summed E-state index contributed by atoms with van der Waals surface area (Å²) in [6.07, 6.45) is 14.1. The first-order valence-corrected chi connectivity index (χ1v) is 26.1. The summed E-state index contributed by atoms with van der Waals surface area (Å²) < 4.78 is 3.52. The van der Waals surface area contributed by atoms with Crippen LogP contribution in [0, 0.1) is 0 Å². The van der Waals surface area contributed by atoms with E-state index in [0.717, 1.165) is 105 Å². The van der Waals surface area contributed by atoms with Gasteiger partial charge in [0, 0.05) is 96.6 Å². The van der Waals surface area contributed by atoms with Crippen LogP contribution in [-0.2, 0) is 0 Å². The lowest BCUT2D eigenvalue weighted by atomic mass is 9.88. The molecule has 12 heterocycles. The fourth-order valence-corrected chi connectivity index (χ4v) is 10.6. The van der Waals surface area contributed by atoms with Gasteiger partial charge in [-0.3, -0.25) is 34.5 Å². The van der Waals surface area contributed by atoms with Gasteiger partial charge in [-0.15, -0.1) is 0 Å². The van der Waals surface area contributed by atoms with Crippen LogP contribution in [0.5, 0.6) is 0 Å². The largest absolute Gasteiger partial charge is 0.475 e. The van der Waals surface area contributed by atoms with Gasteiger partial charge >= 0.3 is 5.97 Å². The van der Waals surface area contributed by atoms with E-state index in [-0.39, 0.29) is 41.0 Å². The van der Waals surface area contributed by atoms with Crippen molar-refractivity contribution < 1.29 is 24.3 Å². The van der Waals surface area contributed by atoms with Gasteiger partial charge in [0.15, 0.2) is 22.9 Å². The number of amides is 1. The number of aromatic amines is 2. The van der Waals surface area contributed by atoms with Crippen molar-refractivity contribution in [2.75, 3.05) is 49.9 Å². The smallest absolute Gasteiger partial charge is 0.373 e. The molecule has 396 valence electrons. The van der Waals surface area contributed by atoms with E-state index in [1.807, 2.05) is 85.3 Å². The number of H-pyrrole nitrogens is 2. The molecular formula is C56H52N18O5. The zero-order valence-electron chi connectivity index (χ0n) is 42.6. The lowest BCUT2D eigenvalue weighted by Crippen LogP contribution is -2.39. The number of hydrogen-bond donors (Lipinski definition) is 6. The van der Waals surface area contributed by atoms with E-state index in [4.69, 9.17) is 15.1 Å². The Kier molecular flexibility index (Phi) is 13.9. The van der Waals surface area contributed by atoms with Crippen LogP contribution in [0.4, 0.5) is 11.6 Å². The summed E-state index contributed by atoms with van der Waals surface area (Å²) in [5.41, 5.74) is 12.1. The molecule has 0 spiro atoms. The Balaban J connectivity index is 0.000000140. The number of pyridine rings is 2. The number of carbonyl (C=O) groups is 4. The van der Waals surface area contributed by atoms with E-state index in [9.17, 15) is 19.2 Å². The number of aromatic carboxylic acids is 1. The van der Waals surface area contributed by atoms with Crippen LogP contribution in [0.3, 0.4) is 0 Å². The first-order valence-electron chi connectivity index (χ1n) is 26.1. The normalized spacial score (nSPS) is 15.5. The van der Waals surface area contributed by atoms with Crippen molar-refractivity contribution in [2.45, 2.75) is 50.4 Å². The highest BCUT2D eigenvalue weighted by Crippen LogP contribution is 2.39. The third-order valence-corrected chi connectivity index (χ3v) is 14.6. The molecule has 0 radical (unpaired) electrons. The molecule has 10 aromatic rings. The number of Topliss-reactive ketones (excluding diaryl/α,β-unsaturated/α-hetero) is 2. The van der Waals surface area contributed by atoms with Crippen LogP contribution < -0.4 is 16.0 Å². The summed E-state index contributed by atoms with van der Waals surface area (Å²) in [6, 6.07) is 28.3. The molecule has 8 aromatic heterocycles. The topological polar surface area (TPSA) is 297 Å². The van der Waals surface area contributed by atoms with Crippen molar-refractivity contribution >= 4 is 46.4 Å². The van der Waals surface area contributed by atoms with Crippen LogP contribution >= 0.6 is 0 Å². The zero-order valence-corrected chi connectivity index (χ0v) is 42.6. The van der Waals surface area contributed by atoms with E-state index < -0.39 is 5.97 Å². The highest BCUT2D eigenvalue weighted by atomic mass is 16.4. The molecule has 4 aliphatic rings. The quantitative estimate of drug-likeness (QED) is 0.0890. The van der Waals surface area contributed by atoms with Crippen molar-refractivity contribution in [3.8, 4) is 44.8 Å². The molecule has 79 heavy (non-hydrogen) atoms. The molecule has 0 unspecified atom stereocenters. The van der Waals surface area contributed by atoms with Gasteiger partial charge in [0.25, 0.3) is 5.91 Å². The Morgan fingerprint density at radius 2 is 1.01 bits per heavy atom. The lowest BCUT2D eigenvalue weighted by molar-refractivity contribution is 0.0680. The lowest BCUT2D eigenvalue weighted by Gasteiger charge is -2.32. The van der Waals surface area contributed by atoms with Gasteiger partial charge in [0.2, 0.25) is 11.6 Å². The molecule has 0 bridgehead atoms. The van der Waals surface area contributed by atoms with Crippen molar-refractivity contribution in [3.05, 3.63) is 157 Å². The molecule has 0 atom stereocenters. The average Bonchev–Trinajstić information content (AvgIpc) is 4.47. The Morgan fingerprint density at radius 1 is 0.532 bits per heavy atom. The molecule has 4 aliphatic heterocycles. The Bertz CT molecular complexity index is 3820. The molecular weight excluding hydrogens is 1000 g/mol. The van der Waals surface area contributed by atoms with Crippen LogP contribution in [0.25, 0.3) is 56.1 Å². The van der Waals surface area contributed by atoms with Gasteiger partial charge in [-0.05, 0) is 50.9 Å². The summed E-state index contributed by atoms with van der Waals surface area (Å²) >= 11 is 0. The van der Waals surface area contributed by atoms with Gasteiger partial charge in [-0.25, -0.2) is 24.7 Å². The van der Waals surface area contributed by atoms with E-state index in [1.54, 1.807) is 20.1 Å². The minimum absolute atomic E-state index is 0.0349. The predicted octanol–water partition coefficient (Wildman–Crippen LogP) is 7.02. The first kappa shape index (κ1) is 49.9. The maximum atomic E-state index is 13.2. The highest BCUT2D eigenvalue weighted by Gasteiger charge is 2.35. The number of fused-ring (bicyclic) bond motifs is 6. The maximum absolute atomic E-state index is 13.2. The number of hydrogen-bond acceptors (Lipinski definition) is 17. The number of benzene rings is 2. The van der Waals surface area contributed by atoms with Crippen LogP contribution in [0.15, 0.2) is 122 Å². The molecule has 1 amide bonds. The number of ketones is 2. The SMILES string of the molecule is O=C(O)c1ncn[nH]1.O=C1CCNc2c1c(C1CCN(C(=O)c3ncn[nH]3)CC1)nc1c(-c3ccc(-c4ccccc4)nc3)cnn21.O=C1CCNc2c1c(C1CCNCC1)nc1c(-c3ccc(-c4ccccc4)nc3)cnn21. The van der Waals surface area contributed by atoms with Crippen LogP contribution in [0.1, 0.15) is 104 Å². The number of carboxylic acid groups (broad SMARTS) is 1. The molecule has 2 aromatic carbocycles. The highest BCUT2D eigenvalue weighted by molar-refractivity contribution is 6.05. The summed E-state index contributed by atoms with van der Waals surface area (Å²) in [4.78, 5) is 77.3. The Hall–Kier alpha value is -9.90. The fourth-order valence-electron chi connectivity index (χ4n) is 10.6. The number of likely N-dealkylation sites (tertiary alicyclic amines) is 1. The monoisotopic (exact) mass is 1060 g/mol. The molecule has 6 N–H and O–H groups in total. The van der Waals surface area contributed by atoms with Gasteiger partial charge < -0.3 is 26.0 Å². The third kappa shape index (κ3) is 10.0. The summed E-state index contributed by atoms with van der Waals surface area (Å²) in [5.74, 6) is 0.845. The number of nitrogens with zero attached hydrogens (tertiary/aromatic N) is 13. The number of nitrogens with one attached hydrogen (secondary N) is 5. The number of rotatable bonds is 8. The van der Waals surface area contributed by atoms with Gasteiger partial charge in [-0.1, -0.05) is 72.8 Å². The predicted molar refractivity (Wildman–Crippen MR) is 291 cm³/mol. The molecule has 23 nitrogen and oxygen atoms in total. The van der Waals surface area contributed by atoms with E-state index in [0.29, 0.717) is 68.9 Å². The second-order valence-electron chi connectivity index (χ2n) is 19.4. The van der Waals surface area contributed by atoms with Crippen molar-refractivity contribution in [2.24, 2.45) is 0 Å². The number of aromatic nitrogens is 14. The van der Waals surface area contributed by atoms with Gasteiger partial charge in [0.05, 0.1) is 46.3 Å². The van der Waals surface area contributed by atoms with Crippen molar-refractivity contribution in [1.82, 2.24) is 79.7 Å². The number of anilines is 2. The second kappa shape index (κ2) is 22.0. The number of carboxylic acids is 1. The minimum atomic E-state index is -1.09. The second-order valence-corrected chi connectivity index (χ2v) is 19.4. The van der Waals surface area contributed by atoms with Crippen LogP contribution in [-0.4, -0.2) is 142 Å². The van der Waals surface area contributed by atoms with Crippen LogP contribution in [0.2, 0.25) is 0 Å². The minimum Gasteiger partial charge on any atom is -0.475 e. The van der Waals surface area contributed by atoms with Gasteiger partial charge in [-0.2, -0.15) is 29.4 Å². The fraction of sp³-hybridized carbons (Fsp3) is 0.250. The zero-order chi connectivity index (χ0) is 53.8. The molecule has 14 rings (SSSR count). The standard InChI is InChI=1S/C28H25N9O2.C25H24N6O.C3H3N3O2/c38-22-8-11-29-27-23(22)24(18-9-12-36(13-10-18)28(39)25-31-16-32-35-25)34-26-20(15-33-37(26)27)19-6-7-21(30-14-19)17-4-2-1-3-5-17;32-21-10-13-27-25-22(21)23(17-8-11-26-12-9-17)30-24-19(15-29-31(24)25)18-6-7-20(28-14-18)16-4-2-1-3-5-16;7-3(8)2-4-1-5-6-2/h1-7,14-16,18,29H,8-13H2,(H,31,32,35);1-7,14-15,17,26-27H,8-13H2;1H,(H,7,8)(H,4,5,6). The Labute approximate surface area is 450 Å². The van der Waals surface area contributed by atoms with E-state index in [1.165, 1.54) is 6.33 Å². The average molecular weight is 1060 g/mol. The maximum Gasteiger partial charge on any atom is 0.373 e. The Morgan fingerprint density at radius 3 is 1.44 bits per heavy atom. The van der Waals surface area contributed by atoms with Crippen molar-refractivity contribution in [3.63, 3.8) is 0 Å². The summed E-state index contributed by atoms with van der Waals surface area (Å²) in [5, 5.41) is 39.5.